The Hall–Kier alpha value is -1.39. The molecule has 0 saturated carbocycles. The molecule has 0 aromatic carbocycles. The van der Waals surface area contributed by atoms with Gasteiger partial charge in [0.25, 0.3) is 0 Å². The highest BCUT2D eigenvalue weighted by molar-refractivity contribution is 6.40. The summed E-state index contributed by atoms with van der Waals surface area (Å²) in [4.78, 5) is 10.7. The monoisotopic (exact) mass is 171 g/mol. The van der Waals surface area contributed by atoms with Crippen molar-refractivity contribution in [3.05, 3.63) is 0 Å². The average Bonchev–Trinajstić information content (AvgIpc) is 2.11. The van der Waals surface area contributed by atoms with Crippen LogP contribution in [0.2, 0.25) is 0 Å². The molecular formula is C7H13N3O2. The molecule has 0 spiro atoms. The molecule has 0 aliphatic carbocycles. The van der Waals surface area contributed by atoms with Crippen molar-refractivity contribution in [1.29, 1.82) is 0 Å². The highest BCUT2D eigenvalue weighted by atomic mass is 16.4. The Morgan fingerprint density at radius 3 is 2.42 bits per heavy atom. The number of carbonyl (C=O) groups is 1. The fraction of sp³-hybridized carbons (Fsp3) is 0.571. The van der Waals surface area contributed by atoms with Crippen molar-refractivity contribution >= 4 is 17.3 Å². The van der Waals surface area contributed by atoms with Crippen molar-refractivity contribution in [2.75, 3.05) is 0 Å². The fourth-order valence-electron chi connectivity index (χ4n) is 0.379. The van der Waals surface area contributed by atoms with Crippen molar-refractivity contribution in [2.24, 2.45) is 10.3 Å². The van der Waals surface area contributed by atoms with Gasteiger partial charge in [0.05, 0.1) is 11.4 Å². The van der Waals surface area contributed by atoms with Gasteiger partial charge in [0.1, 0.15) is 0 Å². The first-order chi connectivity index (χ1) is 5.61. The number of rotatable bonds is 3. The van der Waals surface area contributed by atoms with Crippen LogP contribution in [0.15, 0.2) is 10.3 Å². The molecule has 1 amide bonds. The second kappa shape index (κ2) is 5.29. The summed E-state index contributed by atoms with van der Waals surface area (Å²) < 4.78 is 0. The van der Waals surface area contributed by atoms with Crippen LogP contribution in [0.3, 0.4) is 0 Å². The van der Waals surface area contributed by atoms with Gasteiger partial charge in [-0.2, -0.15) is 5.10 Å². The summed E-state index contributed by atoms with van der Waals surface area (Å²) in [5.41, 5.74) is 3.17. The largest absolute Gasteiger partial charge is 0.411 e. The van der Waals surface area contributed by atoms with E-state index in [0.29, 0.717) is 17.8 Å². The number of amides is 1. The maximum Gasteiger partial charge on any atom is 0.239 e. The average molecular weight is 171 g/mol. The SMILES string of the molecule is CCC(=O)N/N=C(C)/C(C)=N/O. The number of nitrogens with one attached hydrogen (secondary N) is 1. The minimum absolute atomic E-state index is 0.167. The number of hydrogen-bond acceptors (Lipinski definition) is 4. The van der Waals surface area contributed by atoms with E-state index in [1.165, 1.54) is 0 Å². The molecule has 0 aliphatic heterocycles. The molecule has 68 valence electrons. The normalized spacial score (nSPS) is 12.9. The molecule has 0 rings (SSSR count). The van der Waals surface area contributed by atoms with E-state index in [9.17, 15) is 4.79 Å². The molecule has 2 N–H and O–H groups in total. The van der Waals surface area contributed by atoms with Gasteiger partial charge in [-0.1, -0.05) is 12.1 Å². The molecule has 0 unspecified atom stereocenters. The van der Waals surface area contributed by atoms with Crippen molar-refractivity contribution in [1.82, 2.24) is 5.43 Å². The topological polar surface area (TPSA) is 74.0 Å². The molecule has 0 fully saturated rings. The predicted octanol–water partition coefficient (Wildman–Crippen LogP) is 0.739. The van der Waals surface area contributed by atoms with E-state index in [-0.39, 0.29) is 5.91 Å². The lowest BCUT2D eigenvalue weighted by molar-refractivity contribution is -0.120. The number of nitrogens with zero attached hydrogens (tertiary/aromatic N) is 2. The first-order valence-electron chi connectivity index (χ1n) is 3.64. The van der Waals surface area contributed by atoms with Crippen LogP contribution < -0.4 is 5.43 Å². The van der Waals surface area contributed by atoms with E-state index in [1.54, 1.807) is 20.8 Å². The van der Waals surface area contributed by atoms with Gasteiger partial charge in [-0.05, 0) is 13.8 Å². The van der Waals surface area contributed by atoms with E-state index in [1.807, 2.05) is 0 Å². The van der Waals surface area contributed by atoms with Gasteiger partial charge < -0.3 is 5.21 Å². The van der Waals surface area contributed by atoms with Crippen LogP contribution >= 0.6 is 0 Å². The maximum absolute atomic E-state index is 10.7. The zero-order valence-electron chi connectivity index (χ0n) is 7.46. The molecule has 0 saturated heterocycles. The minimum atomic E-state index is -0.167. The predicted molar refractivity (Wildman–Crippen MR) is 46.4 cm³/mol. The van der Waals surface area contributed by atoms with Crippen molar-refractivity contribution < 1.29 is 10.0 Å². The molecule has 12 heavy (non-hydrogen) atoms. The van der Waals surface area contributed by atoms with Gasteiger partial charge >= 0.3 is 0 Å². The van der Waals surface area contributed by atoms with Gasteiger partial charge in [-0.3, -0.25) is 4.79 Å². The Bertz CT molecular complexity index is 221. The zero-order valence-corrected chi connectivity index (χ0v) is 7.46. The Balaban J connectivity index is 4.10. The van der Waals surface area contributed by atoms with Gasteiger partial charge in [0.2, 0.25) is 5.91 Å². The first-order valence-corrected chi connectivity index (χ1v) is 3.64. The van der Waals surface area contributed by atoms with Crippen LogP contribution in [0.4, 0.5) is 0 Å². The third-order valence-corrected chi connectivity index (χ3v) is 1.34. The third-order valence-electron chi connectivity index (χ3n) is 1.34. The van der Waals surface area contributed by atoms with Crippen LogP contribution in [0.5, 0.6) is 0 Å². The van der Waals surface area contributed by atoms with Crippen LogP contribution in [0.25, 0.3) is 0 Å². The van der Waals surface area contributed by atoms with Crippen LogP contribution in [0.1, 0.15) is 27.2 Å². The summed E-state index contributed by atoms with van der Waals surface area (Å²) in [6, 6.07) is 0. The summed E-state index contributed by atoms with van der Waals surface area (Å²) >= 11 is 0. The van der Waals surface area contributed by atoms with E-state index in [2.05, 4.69) is 15.7 Å². The van der Waals surface area contributed by atoms with Gasteiger partial charge in [-0.15, -0.1) is 0 Å². The maximum atomic E-state index is 10.7. The van der Waals surface area contributed by atoms with Crippen molar-refractivity contribution in [3.63, 3.8) is 0 Å². The summed E-state index contributed by atoms with van der Waals surface area (Å²) in [5.74, 6) is -0.167. The van der Waals surface area contributed by atoms with E-state index >= 15 is 0 Å². The molecule has 0 heterocycles. The summed E-state index contributed by atoms with van der Waals surface area (Å²) in [7, 11) is 0. The standard InChI is InChI=1S/C7H13N3O2/c1-4-7(11)9-8-5(2)6(3)10-12/h12H,4H2,1-3H3,(H,9,11)/b8-5+,10-6+. The summed E-state index contributed by atoms with van der Waals surface area (Å²) in [5, 5.41) is 14.9. The lowest BCUT2D eigenvalue weighted by atomic mass is 10.3. The number of carbonyl (C=O) groups excluding carboxylic acids is 1. The number of hydrazone groups is 1. The molecule has 0 aliphatic rings. The highest BCUT2D eigenvalue weighted by Gasteiger charge is 1.98. The highest BCUT2D eigenvalue weighted by Crippen LogP contribution is 1.82. The Morgan fingerprint density at radius 1 is 1.42 bits per heavy atom. The molecule has 0 bridgehead atoms. The van der Waals surface area contributed by atoms with Gasteiger partial charge in [0.15, 0.2) is 0 Å². The lowest BCUT2D eigenvalue weighted by Crippen LogP contribution is -2.19. The van der Waals surface area contributed by atoms with E-state index < -0.39 is 0 Å². The number of hydrogen-bond donors (Lipinski definition) is 2. The Morgan fingerprint density at radius 2 is 2.00 bits per heavy atom. The summed E-state index contributed by atoms with van der Waals surface area (Å²) in [6.07, 6.45) is 0.381. The van der Waals surface area contributed by atoms with Crippen molar-refractivity contribution in [3.8, 4) is 0 Å². The number of oxime groups is 1. The van der Waals surface area contributed by atoms with Gasteiger partial charge in [-0.25, -0.2) is 5.43 Å². The molecular weight excluding hydrogens is 158 g/mol. The Labute approximate surface area is 71.1 Å². The molecule has 5 heteroatoms. The van der Waals surface area contributed by atoms with Gasteiger partial charge in [0, 0.05) is 6.42 Å². The summed E-state index contributed by atoms with van der Waals surface area (Å²) in [6.45, 7) is 4.97. The molecule has 0 aromatic heterocycles. The minimum Gasteiger partial charge on any atom is -0.411 e. The van der Waals surface area contributed by atoms with Crippen LogP contribution in [-0.2, 0) is 4.79 Å². The molecule has 5 nitrogen and oxygen atoms in total. The quantitative estimate of drug-likeness (QED) is 0.373. The molecule has 0 radical (unpaired) electrons. The van der Waals surface area contributed by atoms with E-state index in [0.717, 1.165) is 0 Å². The third kappa shape index (κ3) is 3.70. The van der Waals surface area contributed by atoms with Crippen LogP contribution in [0, 0.1) is 0 Å². The Kier molecular flexibility index (Phi) is 4.67. The zero-order chi connectivity index (χ0) is 9.56. The molecule has 0 atom stereocenters. The first kappa shape index (κ1) is 10.6. The fourth-order valence-corrected chi connectivity index (χ4v) is 0.379. The smallest absolute Gasteiger partial charge is 0.239 e. The second-order valence-electron chi connectivity index (χ2n) is 2.27. The second-order valence-corrected chi connectivity index (χ2v) is 2.27. The lowest BCUT2D eigenvalue weighted by Gasteiger charge is -1.98. The van der Waals surface area contributed by atoms with Crippen molar-refractivity contribution in [2.45, 2.75) is 27.2 Å². The molecule has 0 aromatic rings. The van der Waals surface area contributed by atoms with Crippen LogP contribution in [-0.4, -0.2) is 22.5 Å². The van der Waals surface area contributed by atoms with E-state index in [4.69, 9.17) is 5.21 Å².